The van der Waals surface area contributed by atoms with Crippen molar-refractivity contribution in [3.05, 3.63) is 71.7 Å². The summed E-state index contributed by atoms with van der Waals surface area (Å²) >= 11 is 6.11. The molecule has 4 heterocycles. The maximum absolute atomic E-state index is 13.0. The van der Waals surface area contributed by atoms with Crippen molar-refractivity contribution in [2.75, 3.05) is 39.4 Å². The van der Waals surface area contributed by atoms with Crippen molar-refractivity contribution in [2.24, 2.45) is 0 Å². The molecule has 1 saturated heterocycles. The first-order chi connectivity index (χ1) is 16.2. The maximum Gasteiger partial charge on any atom is 0.246 e. The molecule has 0 radical (unpaired) electrons. The summed E-state index contributed by atoms with van der Waals surface area (Å²) in [5.74, 6) is 0.0319. The normalized spacial score (nSPS) is 16.8. The molecule has 8 heteroatoms. The molecule has 5 rings (SSSR count). The van der Waals surface area contributed by atoms with Gasteiger partial charge in [0.25, 0.3) is 0 Å². The van der Waals surface area contributed by atoms with E-state index in [4.69, 9.17) is 21.4 Å². The Hall–Kier alpha value is -3.00. The van der Waals surface area contributed by atoms with E-state index in [9.17, 15) is 4.79 Å². The van der Waals surface area contributed by atoms with Crippen LogP contribution in [0.4, 0.5) is 0 Å². The van der Waals surface area contributed by atoms with Crippen molar-refractivity contribution in [3.63, 3.8) is 0 Å². The minimum atomic E-state index is 0.0319. The molecule has 3 aromatic rings. The first-order valence-electron chi connectivity index (χ1n) is 11.2. The number of ether oxygens (including phenoxy) is 1. The van der Waals surface area contributed by atoms with Gasteiger partial charge in [-0.1, -0.05) is 29.8 Å². The van der Waals surface area contributed by atoms with Crippen LogP contribution in [0.5, 0.6) is 0 Å². The molecular formula is C25H26ClN5O2. The number of amides is 1. The van der Waals surface area contributed by atoms with E-state index in [0.717, 1.165) is 60.9 Å². The van der Waals surface area contributed by atoms with E-state index in [1.54, 1.807) is 18.5 Å². The van der Waals surface area contributed by atoms with E-state index >= 15 is 0 Å². The Kier molecular flexibility index (Phi) is 6.53. The second-order valence-corrected chi connectivity index (χ2v) is 8.65. The highest BCUT2D eigenvalue weighted by molar-refractivity contribution is 6.30. The summed E-state index contributed by atoms with van der Waals surface area (Å²) in [5.41, 5.74) is 5.00. The fourth-order valence-electron chi connectivity index (χ4n) is 4.33. The van der Waals surface area contributed by atoms with Crippen LogP contribution < -0.4 is 0 Å². The lowest BCUT2D eigenvalue weighted by molar-refractivity contribution is -0.127. The van der Waals surface area contributed by atoms with Crippen molar-refractivity contribution >= 4 is 17.5 Å². The highest BCUT2D eigenvalue weighted by Gasteiger charge is 2.27. The van der Waals surface area contributed by atoms with Gasteiger partial charge in [-0.3, -0.25) is 19.4 Å². The Bertz CT molecular complexity index is 1140. The number of halogens is 1. The number of aromatic nitrogens is 3. The van der Waals surface area contributed by atoms with Gasteiger partial charge in [0, 0.05) is 60.8 Å². The number of rotatable bonds is 5. The fraction of sp³-hybridized carbons (Fsp3) is 0.320. The SMILES string of the molecule is O=C(/C=C/CN1CCOCC1)N1CCn2nc(-c3ccc(Cl)cc3)c(-c3ccncc3)c2C1. The lowest BCUT2D eigenvalue weighted by Gasteiger charge is -2.28. The summed E-state index contributed by atoms with van der Waals surface area (Å²) in [5, 5.41) is 5.61. The van der Waals surface area contributed by atoms with E-state index in [-0.39, 0.29) is 5.91 Å². The van der Waals surface area contributed by atoms with E-state index in [1.807, 2.05) is 52.1 Å². The maximum atomic E-state index is 13.0. The lowest BCUT2D eigenvalue weighted by atomic mass is 9.99. The van der Waals surface area contributed by atoms with Gasteiger partial charge in [0.05, 0.1) is 32.0 Å². The Morgan fingerprint density at radius 1 is 1.00 bits per heavy atom. The second kappa shape index (κ2) is 9.87. The van der Waals surface area contributed by atoms with Crippen LogP contribution in [0.25, 0.3) is 22.4 Å². The van der Waals surface area contributed by atoms with E-state index in [1.165, 1.54) is 0 Å². The van der Waals surface area contributed by atoms with Crippen molar-refractivity contribution < 1.29 is 9.53 Å². The van der Waals surface area contributed by atoms with E-state index in [0.29, 0.717) is 24.7 Å². The van der Waals surface area contributed by atoms with Crippen LogP contribution in [0, 0.1) is 0 Å². The van der Waals surface area contributed by atoms with Gasteiger partial charge in [0.1, 0.15) is 5.69 Å². The minimum Gasteiger partial charge on any atom is -0.379 e. The summed E-state index contributed by atoms with van der Waals surface area (Å²) in [6.45, 7) is 5.89. The molecule has 2 aromatic heterocycles. The zero-order chi connectivity index (χ0) is 22.6. The highest BCUT2D eigenvalue weighted by Crippen LogP contribution is 2.36. The monoisotopic (exact) mass is 463 g/mol. The molecule has 0 spiro atoms. The van der Waals surface area contributed by atoms with Gasteiger partial charge in [0.2, 0.25) is 5.91 Å². The molecule has 0 atom stereocenters. The zero-order valence-corrected chi connectivity index (χ0v) is 19.1. The molecule has 2 aliphatic heterocycles. The molecule has 0 unspecified atom stereocenters. The standard InChI is InChI=1S/C25H26ClN5O2/c26-21-5-3-20(4-6-21)25-24(19-7-9-27-10-8-19)22-18-30(12-13-31(22)28-25)23(32)2-1-11-29-14-16-33-17-15-29/h1-10H,11-18H2/b2-1+. The van der Waals surface area contributed by atoms with Crippen molar-refractivity contribution in [1.82, 2.24) is 24.6 Å². The lowest BCUT2D eigenvalue weighted by Crippen LogP contribution is -2.38. The van der Waals surface area contributed by atoms with Gasteiger partial charge in [-0.15, -0.1) is 0 Å². The molecule has 33 heavy (non-hydrogen) atoms. The van der Waals surface area contributed by atoms with Gasteiger partial charge >= 0.3 is 0 Å². The quantitative estimate of drug-likeness (QED) is 0.542. The summed E-state index contributed by atoms with van der Waals surface area (Å²) < 4.78 is 7.41. The van der Waals surface area contributed by atoms with Gasteiger partial charge in [-0.05, 0) is 29.8 Å². The molecule has 0 saturated carbocycles. The van der Waals surface area contributed by atoms with Crippen LogP contribution in [-0.2, 0) is 22.6 Å². The van der Waals surface area contributed by atoms with Crippen molar-refractivity contribution in [3.8, 4) is 22.4 Å². The van der Waals surface area contributed by atoms with Crippen LogP contribution >= 0.6 is 11.6 Å². The Labute approximate surface area is 198 Å². The third kappa shape index (κ3) is 4.85. The number of hydrogen-bond donors (Lipinski definition) is 0. The first-order valence-corrected chi connectivity index (χ1v) is 11.6. The predicted molar refractivity (Wildman–Crippen MR) is 128 cm³/mol. The van der Waals surface area contributed by atoms with Crippen LogP contribution in [-0.4, -0.2) is 69.9 Å². The number of nitrogens with zero attached hydrogens (tertiary/aromatic N) is 5. The Morgan fingerprint density at radius 2 is 1.76 bits per heavy atom. The number of fused-ring (bicyclic) bond motifs is 1. The third-order valence-corrected chi connectivity index (χ3v) is 6.36. The van der Waals surface area contributed by atoms with Crippen molar-refractivity contribution in [2.45, 2.75) is 13.1 Å². The summed E-state index contributed by atoms with van der Waals surface area (Å²) in [7, 11) is 0. The van der Waals surface area contributed by atoms with Crippen LogP contribution in [0.15, 0.2) is 60.9 Å². The van der Waals surface area contributed by atoms with Crippen molar-refractivity contribution in [1.29, 1.82) is 0 Å². The smallest absolute Gasteiger partial charge is 0.246 e. The minimum absolute atomic E-state index is 0.0319. The first kappa shape index (κ1) is 21.8. The molecule has 0 N–H and O–H groups in total. The Balaban J connectivity index is 1.40. The van der Waals surface area contributed by atoms with Crippen LogP contribution in [0.1, 0.15) is 5.69 Å². The van der Waals surface area contributed by atoms with E-state index in [2.05, 4.69) is 9.88 Å². The molecule has 1 fully saturated rings. The zero-order valence-electron chi connectivity index (χ0n) is 18.4. The topological polar surface area (TPSA) is 63.5 Å². The summed E-state index contributed by atoms with van der Waals surface area (Å²) in [4.78, 5) is 21.3. The number of carbonyl (C=O) groups excluding carboxylic acids is 1. The van der Waals surface area contributed by atoms with Crippen LogP contribution in [0.2, 0.25) is 5.02 Å². The molecular weight excluding hydrogens is 438 g/mol. The fourth-order valence-corrected chi connectivity index (χ4v) is 4.46. The largest absolute Gasteiger partial charge is 0.379 e. The Morgan fingerprint density at radius 3 is 2.52 bits per heavy atom. The molecule has 1 amide bonds. The van der Waals surface area contributed by atoms with Gasteiger partial charge in [-0.2, -0.15) is 5.10 Å². The number of morpholine rings is 1. The molecule has 2 aliphatic rings. The number of carbonyl (C=O) groups is 1. The number of hydrogen-bond acceptors (Lipinski definition) is 5. The predicted octanol–water partition coefficient (Wildman–Crippen LogP) is 3.50. The molecule has 7 nitrogen and oxygen atoms in total. The average Bonchev–Trinajstić information content (AvgIpc) is 3.24. The number of pyridine rings is 1. The van der Waals surface area contributed by atoms with Gasteiger partial charge in [-0.25, -0.2) is 0 Å². The van der Waals surface area contributed by atoms with Gasteiger partial charge < -0.3 is 9.64 Å². The highest BCUT2D eigenvalue weighted by atomic mass is 35.5. The summed E-state index contributed by atoms with van der Waals surface area (Å²) in [6, 6.07) is 11.7. The number of benzene rings is 1. The van der Waals surface area contributed by atoms with E-state index < -0.39 is 0 Å². The summed E-state index contributed by atoms with van der Waals surface area (Å²) in [6.07, 6.45) is 7.23. The van der Waals surface area contributed by atoms with Crippen LogP contribution in [0.3, 0.4) is 0 Å². The molecule has 1 aromatic carbocycles. The molecule has 170 valence electrons. The third-order valence-electron chi connectivity index (χ3n) is 6.11. The van der Waals surface area contributed by atoms with Gasteiger partial charge in [0.15, 0.2) is 0 Å². The second-order valence-electron chi connectivity index (χ2n) is 8.21. The molecule has 0 aliphatic carbocycles. The molecule has 0 bridgehead atoms. The average molecular weight is 464 g/mol.